The average molecular weight is 393 g/mol. The first-order valence-corrected chi connectivity index (χ1v) is 9.38. The zero-order chi connectivity index (χ0) is 15.8. The maximum Gasteiger partial charge on any atom is 0.164 e. The molecule has 0 spiro atoms. The highest BCUT2D eigenvalue weighted by Crippen LogP contribution is 2.28. The average Bonchev–Trinajstić information content (AvgIpc) is 3.09. The Bertz CT molecular complexity index is 832. The quantitative estimate of drug-likeness (QED) is 0.738. The molecule has 1 aliphatic carbocycles. The van der Waals surface area contributed by atoms with E-state index in [9.17, 15) is 0 Å². The molecule has 0 saturated heterocycles. The summed E-state index contributed by atoms with van der Waals surface area (Å²) in [5, 5.41) is 9.89. The molecule has 0 radical (unpaired) electrons. The second kappa shape index (κ2) is 6.16. The van der Waals surface area contributed by atoms with Gasteiger partial charge in [0.2, 0.25) is 0 Å². The van der Waals surface area contributed by atoms with Gasteiger partial charge in [-0.3, -0.25) is 0 Å². The largest absolute Gasteiger partial charge is 0.369 e. The number of aryl methyl sites for hydroxylation is 3. The molecule has 0 aromatic carbocycles. The topological polar surface area (TPSA) is 68.5 Å². The van der Waals surface area contributed by atoms with Crippen molar-refractivity contribution in [2.75, 3.05) is 11.9 Å². The van der Waals surface area contributed by atoms with Crippen molar-refractivity contribution in [1.82, 2.24) is 24.7 Å². The molecule has 0 unspecified atom stereocenters. The highest BCUT2D eigenvalue weighted by Gasteiger charge is 2.16. The third-order valence-electron chi connectivity index (χ3n) is 4.10. The van der Waals surface area contributed by atoms with Crippen molar-refractivity contribution in [1.29, 1.82) is 0 Å². The number of thiazole rings is 1. The maximum atomic E-state index is 4.79. The molecule has 0 saturated carbocycles. The van der Waals surface area contributed by atoms with Crippen molar-refractivity contribution < 1.29 is 0 Å². The lowest BCUT2D eigenvalue weighted by Gasteiger charge is -2.06. The van der Waals surface area contributed by atoms with Crippen LogP contribution in [0.3, 0.4) is 0 Å². The van der Waals surface area contributed by atoms with E-state index in [0.717, 1.165) is 40.8 Å². The molecule has 3 aromatic rings. The van der Waals surface area contributed by atoms with Gasteiger partial charge in [0.15, 0.2) is 5.65 Å². The van der Waals surface area contributed by atoms with Crippen LogP contribution in [0.25, 0.3) is 11.0 Å². The van der Waals surface area contributed by atoms with Crippen molar-refractivity contribution in [2.45, 2.75) is 32.1 Å². The Morgan fingerprint density at radius 1 is 1.30 bits per heavy atom. The third kappa shape index (κ3) is 2.85. The Kier molecular flexibility index (Phi) is 4.02. The minimum Gasteiger partial charge on any atom is -0.369 e. The van der Waals surface area contributed by atoms with E-state index in [1.165, 1.54) is 34.8 Å². The van der Waals surface area contributed by atoms with Gasteiger partial charge < -0.3 is 5.32 Å². The fraction of sp³-hybridized carbons (Fsp3) is 0.467. The molecule has 0 fully saturated rings. The monoisotopic (exact) mass is 392 g/mol. The van der Waals surface area contributed by atoms with Crippen LogP contribution in [0.5, 0.6) is 0 Å². The second-order valence-electron chi connectivity index (χ2n) is 5.70. The lowest BCUT2D eigenvalue weighted by atomic mass is 10.0. The van der Waals surface area contributed by atoms with Crippen LogP contribution in [0, 0.1) is 0 Å². The van der Waals surface area contributed by atoms with E-state index in [1.54, 1.807) is 11.0 Å². The van der Waals surface area contributed by atoms with Crippen LogP contribution >= 0.6 is 27.3 Å². The molecule has 8 heteroatoms. The predicted octanol–water partition coefficient (Wildman–Crippen LogP) is 3.12. The van der Waals surface area contributed by atoms with Crippen LogP contribution in [0.1, 0.15) is 28.4 Å². The summed E-state index contributed by atoms with van der Waals surface area (Å²) in [6, 6.07) is 0. The van der Waals surface area contributed by atoms with E-state index in [2.05, 4.69) is 36.3 Å². The molecule has 6 nitrogen and oxygen atoms in total. The minimum absolute atomic E-state index is 0.766. The Hall–Kier alpha value is -1.54. The van der Waals surface area contributed by atoms with E-state index in [4.69, 9.17) is 4.98 Å². The highest BCUT2D eigenvalue weighted by atomic mass is 79.9. The van der Waals surface area contributed by atoms with Crippen molar-refractivity contribution in [3.05, 3.63) is 26.5 Å². The van der Waals surface area contributed by atoms with Gasteiger partial charge in [-0.1, -0.05) is 0 Å². The molecular weight excluding hydrogens is 376 g/mol. The van der Waals surface area contributed by atoms with E-state index in [-0.39, 0.29) is 0 Å². The molecule has 23 heavy (non-hydrogen) atoms. The fourth-order valence-electron chi connectivity index (χ4n) is 2.97. The third-order valence-corrected chi connectivity index (χ3v) is 5.87. The summed E-state index contributed by atoms with van der Waals surface area (Å²) >= 11 is 5.35. The summed E-state index contributed by atoms with van der Waals surface area (Å²) in [4.78, 5) is 14.9. The number of aromatic nitrogens is 5. The van der Waals surface area contributed by atoms with Crippen LogP contribution in [0.2, 0.25) is 0 Å². The molecule has 0 amide bonds. The van der Waals surface area contributed by atoms with Gasteiger partial charge in [0, 0.05) is 24.9 Å². The SMILES string of the molecule is Cn1nc(Br)c2c(NCCc3nc4c(s3)CCCC4)ncnc21. The summed E-state index contributed by atoms with van der Waals surface area (Å²) in [6.45, 7) is 0.805. The van der Waals surface area contributed by atoms with Gasteiger partial charge in [0.1, 0.15) is 16.7 Å². The summed E-state index contributed by atoms with van der Waals surface area (Å²) in [5.74, 6) is 0.816. The van der Waals surface area contributed by atoms with Gasteiger partial charge in [0.25, 0.3) is 0 Å². The maximum absolute atomic E-state index is 4.79. The molecule has 1 aliphatic rings. The van der Waals surface area contributed by atoms with Gasteiger partial charge in [-0.2, -0.15) is 5.10 Å². The lowest BCUT2D eigenvalue weighted by Crippen LogP contribution is -2.07. The van der Waals surface area contributed by atoms with E-state index in [1.807, 2.05) is 18.4 Å². The number of fused-ring (bicyclic) bond motifs is 2. The minimum atomic E-state index is 0.766. The first kappa shape index (κ1) is 15.0. The van der Waals surface area contributed by atoms with Crippen molar-refractivity contribution in [3.8, 4) is 0 Å². The molecule has 0 aliphatic heterocycles. The standard InChI is InChI=1S/C15H17BrN6S/c1-22-15-12(13(16)21-22)14(18-8-19-15)17-7-6-11-20-9-4-2-3-5-10(9)23-11/h8H,2-7H2,1H3,(H,17,18,19). The highest BCUT2D eigenvalue weighted by molar-refractivity contribution is 9.10. The molecule has 120 valence electrons. The molecule has 3 aromatic heterocycles. The molecule has 3 heterocycles. The molecular formula is C15H17BrN6S. The van der Waals surface area contributed by atoms with Crippen LogP contribution in [0.4, 0.5) is 5.82 Å². The first-order chi connectivity index (χ1) is 11.2. The number of anilines is 1. The van der Waals surface area contributed by atoms with Crippen LogP contribution in [0.15, 0.2) is 10.9 Å². The Labute approximate surface area is 146 Å². The van der Waals surface area contributed by atoms with Gasteiger partial charge in [0.05, 0.1) is 16.1 Å². The Morgan fingerprint density at radius 2 is 2.17 bits per heavy atom. The van der Waals surface area contributed by atoms with E-state index < -0.39 is 0 Å². The summed E-state index contributed by atoms with van der Waals surface area (Å²) < 4.78 is 2.52. The van der Waals surface area contributed by atoms with Crippen molar-refractivity contribution >= 4 is 44.1 Å². The zero-order valence-corrected chi connectivity index (χ0v) is 15.2. The predicted molar refractivity (Wildman–Crippen MR) is 95.0 cm³/mol. The molecule has 1 N–H and O–H groups in total. The normalized spacial score (nSPS) is 14.2. The lowest BCUT2D eigenvalue weighted by molar-refractivity contribution is 0.680. The summed E-state index contributed by atoms with van der Waals surface area (Å²) in [7, 11) is 1.88. The zero-order valence-electron chi connectivity index (χ0n) is 12.8. The van der Waals surface area contributed by atoms with Crippen LogP contribution < -0.4 is 5.32 Å². The smallest absolute Gasteiger partial charge is 0.164 e. The number of nitrogens with zero attached hydrogens (tertiary/aromatic N) is 5. The number of nitrogens with one attached hydrogen (secondary N) is 1. The Morgan fingerprint density at radius 3 is 3.04 bits per heavy atom. The summed E-state index contributed by atoms with van der Waals surface area (Å²) in [6.07, 6.45) is 7.43. The summed E-state index contributed by atoms with van der Waals surface area (Å²) in [5.41, 5.74) is 2.15. The number of halogens is 1. The second-order valence-corrected chi connectivity index (χ2v) is 7.62. The molecule has 4 rings (SSSR count). The molecule has 0 atom stereocenters. The van der Waals surface area contributed by atoms with Crippen LogP contribution in [-0.4, -0.2) is 31.3 Å². The fourth-order valence-corrected chi connectivity index (χ4v) is 4.73. The number of rotatable bonds is 4. The number of hydrogen-bond donors (Lipinski definition) is 1. The van der Waals surface area contributed by atoms with Crippen molar-refractivity contribution in [3.63, 3.8) is 0 Å². The van der Waals surface area contributed by atoms with Crippen LogP contribution in [-0.2, 0) is 26.3 Å². The first-order valence-electron chi connectivity index (χ1n) is 7.77. The van der Waals surface area contributed by atoms with Gasteiger partial charge >= 0.3 is 0 Å². The van der Waals surface area contributed by atoms with E-state index in [0.29, 0.717) is 0 Å². The Balaban J connectivity index is 1.48. The number of hydrogen-bond acceptors (Lipinski definition) is 6. The van der Waals surface area contributed by atoms with Gasteiger partial charge in [-0.15, -0.1) is 11.3 Å². The van der Waals surface area contributed by atoms with Gasteiger partial charge in [-0.05, 0) is 41.6 Å². The molecule has 0 bridgehead atoms. The van der Waals surface area contributed by atoms with Crippen molar-refractivity contribution in [2.24, 2.45) is 7.05 Å². The van der Waals surface area contributed by atoms with E-state index >= 15 is 0 Å². The van der Waals surface area contributed by atoms with Gasteiger partial charge in [-0.25, -0.2) is 19.6 Å².